The highest BCUT2D eigenvalue weighted by atomic mass is 19.1. The van der Waals surface area contributed by atoms with Crippen LogP contribution in [0, 0.1) is 5.82 Å². The van der Waals surface area contributed by atoms with Crippen molar-refractivity contribution in [1.29, 1.82) is 0 Å². The molecule has 0 atom stereocenters. The highest BCUT2D eigenvalue weighted by molar-refractivity contribution is 6.07. The third-order valence-corrected chi connectivity index (χ3v) is 3.72. The number of nitrogens with one attached hydrogen (secondary N) is 1. The summed E-state index contributed by atoms with van der Waals surface area (Å²) in [7, 11) is 0. The molecule has 3 aromatic heterocycles. The van der Waals surface area contributed by atoms with Gasteiger partial charge in [0.25, 0.3) is 11.8 Å². The van der Waals surface area contributed by atoms with Gasteiger partial charge in [-0.25, -0.2) is 4.39 Å². The van der Waals surface area contributed by atoms with Gasteiger partial charge in [-0.3, -0.25) is 9.78 Å². The van der Waals surface area contributed by atoms with Crippen molar-refractivity contribution in [1.82, 2.24) is 15.2 Å². The summed E-state index contributed by atoms with van der Waals surface area (Å²) in [4.78, 5) is 16.2. The fourth-order valence-electron chi connectivity index (χ4n) is 2.38. The first-order chi connectivity index (χ1) is 13.1. The van der Waals surface area contributed by atoms with Crippen LogP contribution in [0.1, 0.15) is 10.4 Å². The number of pyridine rings is 1. The van der Waals surface area contributed by atoms with Gasteiger partial charge < -0.3 is 19.9 Å². The van der Waals surface area contributed by atoms with Crippen LogP contribution in [-0.4, -0.2) is 21.1 Å². The molecule has 4 aromatic rings. The molecule has 0 saturated heterocycles. The molecule has 1 amide bonds. The van der Waals surface area contributed by atoms with E-state index in [1.165, 1.54) is 42.9 Å². The Morgan fingerprint density at radius 2 is 2.00 bits per heavy atom. The van der Waals surface area contributed by atoms with Gasteiger partial charge in [0, 0.05) is 23.6 Å². The van der Waals surface area contributed by atoms with Gasteiger partial charge in [-0.1, -0.05) is 0 Å². The van der Waals surface area contributed by atoms with Gasteiger partial charge in [0.2, 0.25) is 5.89 Å². The largest absolute Gasteiger partial charge is 0.459 e. The number of rotatable bonds is 4. The van der Waals surface area contributed by atoms with Crippen LogP contribution in [0.15, 0.2) is 63.9 Å². The highest BCUT2D eigenvalue weighted by Gasteiger charge is 2.16. The summed E-state index contributed by atoms with van der Waals surface area (Å²) in [5, 5.41) is 10.3. The summed E-state index contributed by atoms with van der Waals surface area (Å²) >= 11 is 0. The van der Waals surface area contributed by atoms with Crippen molar-refractivity contribution in [2.45, 2.75) is 0 Å². The molecule has 0 radical (unpaired) electrons. The number of anilines is 2. The highest BCUT2D eigenvalue weighted by Crippen LogP contribution is 2.27. The zero-order valence-electron chi connectivity index (χ0n) is 13.7. The van der Waals surface area contributed by atoms with Crippen LogP contribution in [0.2, 0.25) is 0 Å². The number of hydrogen-bond donors (Lipinski definition) is 2. The molecule has 134 valence electrons. The molecule has 4 rings (SSSR count). The molecule has 27 heavy (non-hydrogen) atoms. The Bertz CT molecular complexity index is 1110. The third-order valence-electron chi connectivity index (χ3n) is 3.72. The van der Waals surface area contributed by atoms with E-state index >= 15 is 0 Å². The maximum Gasteiger partial charge on any atom is 0.283 e. The summed E-state index contributed by atoms with van der Waals surface area (Å²) in [6, 6.07) is 8.88. The molecular formula is C18H12FN5O3. The maximum absolute atomic E-state index is 14.1. The number of carbonyl (C=O) groups excluding carboxylic acids is 1. The standard InChI is InChI=1S/C18H12FN5O3/c19-12-4-3-10(17-23-24-18(27-17)15-2-1-7-26-15)8-14(12)22-16(25)11-9-21-6-5-13(11)20/h1-9H,(H2,20,21)(H,22,25). The SMILES string of the molecule is Nc1ccncc1C(=O)Nc1cc(-c2nnc(-c3ccco3)o2)ccc1F. The second-order valence-electron chi connectivity index (χ2n) is 5.50. The van der Waals surface area contributed by atoms with E-state index in [1.54, 1.807) is 12.1 Å². The number of halogens is 1. The summed E-state index contributed by atoms with van der Waals surface area (Å²) < 4.78 is 24.9. The number of nitrogens with two attached hydrogens (primary N) is 1. The summed E-state index contributed by atoms with van der Waals surface area (Å²) in [6.45, 7) is 0. The van der Waals surface area contributed by atoms with E-state index in [9.17, 15) is 9.18 Å². The summed E-state index contributed by atoms with van der Waals surface area (Å²) in [6.07, 6.45) is 4.24. The van der Waals surface area contributed by atoms with Crippen molar-refractivity contribution in [3.8, 4) is 23.1 Å². The van der Waals surface area contributed by atoms with Gasteiger partial charge in [-0.15, -0.1) is 10.2 Å². The zero-order chi connectivity index (χ0) is 18.8. The van der Waals surface area contributed by atoms with Gasteiger partial charge in [0.05, 0.1) is 17.5 Å². The Morgan fingerprint density at radius 3 is 2.78 bits per heavy atom. The minimum Gasteiger partial charge on any atom is -0.459 e. The molecule has 3 heterocycles. The van der Waals surface area contributed by atoms with E-state index in [2.05, 4.69) is 20.5 Å². The lowest BCUT2D eigenvalue weighted by Gasteiger charge is -2.08. The predicted molar refractivity (Wildman–Crippen MR) is 94.0 cm³/mol. The minimum absolute atomic E-state index is 0.0569. The Hall–Kier alpha value is -4.01. The number of hydrogen-bond acceptors (Lipinski definition) is 7. The molecule has 3 N–H and O–H groups in total. The molecule has 9 heteroatoms. The minimum atomic E-state index is -0.625. The molecule has 0 aliphatic rings. The first-order valence-corrected chi connectivity index (χ1v) is 7.80. The summed E-state index contributed by atoms with van der Waals surface area (Å²) in [5.41, 5.74) is 6.49. The monoisotopic (exact) mass is 365 g/mol. The predicted octanol–water partition coefficient (Wildman–Crippen LogP) is 3.37. The van der Waals surface area contributed by atoms with Crippen molar-refractivity contribution >= 4 is 17.3 Å². The first kappa shape index (κ1) is 16.5. The van der Waals surface area contributed by atoms with Crippen LogP contribution in [0.3, 0.4) is 0 Å². The van der Waals surface area contributed by atoms with E-state index in [4.69, 9.17) is 14.6 Å². The van der Waals surface area contributed by atoms with Crippen LogP contribution in [0.4, 0.5) is 15.8 Å². The fraction of sp³-hybridized carbons (Fsp3) is 0. The van der Waals surface area contributed by atoms with Crippen molar-refractivity contribution in [2.24, 2.45) is 0 Å². The van der Waals surface area contributed by atoms with E-state index in [1.807, 2.05) is 0 Å². The van der Waals surface area contributed by atoms with Crippen LogP contribution in [0.5, 0.6) is 0 Å². The number of amides is 1. The number of nitrogen functional groups attached to an aromatic ring is 1. The lowest BCUT2D eigenvalue weighted by molar-refractivity contribution is 0.102. The molecule has 0 fully saturated rings. The number of furan rings is 1. The Balaban J connectivity index is 1.62. The molecule has 0 bridgehead atoms. The van der Waals surface area contributed by atoms with Crippen molar-refractivity contribution in [3.05, 3.63) is 66.4 Å². The van der Waals surface area contributed by atoms with E-state index in [0.29, 0.717) is 11.3 Å². The van der Waals surface area contributed by atoms with Gasteiger partial charge in [0.15, 0.2) is 5.76 Å². The van der Waals surface area contributed by atoms with E-state index in [-0.39, 0.29) is 28.7 Å². The molecule has 0 aliphatic heterocycles. The van der Waals surface area contributed by atoms with Crippen LogP contribution < -0.4 is 11.1 Å². The van der Waals surface area contributed by atoms with E-state index in [0.717, 1.165) is 0 Å². The van der Waals surface area contributed by atoms with Crippen LogP contribution in [0.25, 0.3) is 23.1 Å². The van der Waals surface area contributed by atoms with Crippen LogP contribution >= 0.6 is 0 Å². The van der Waals surface area contributed by atoms with Gasteiger partial charge in [-0.05, 0) is 36.4 Å². The Labute approximate surface area is 151 Å². The molecule has 0 unspecified atom stereocenters. The molecular weight excluding hydrogens is 353 g/mol. The van der Waals surface area contributed by atoms with Crippen LogP contribution in [-0.2, 0) is 0 Å². The third kappa shape index (κ3) is 3.25. The molecule has 1 aromatic carbocycles. The fourth-order valence-corrected chi connectivity index (χ4v) is 2.38. The molecule has 0 aliphatic carbocycles. The number of aromatic nitrogens is 3. The zero-order valence-corrected chi connectivity index (χ0v) is 13.7. The topological polar surface area (TPSA) is 120 Å². The van der Waals surface area contributed by atoms with E-state index < -0.39 is 11.7 Å². The molecule has 0 saturated carbocycles. The maximum atomic E-state index is 14.1. The molecule has 8 nitrogen and oxygen atoms in total. The molecule has 0 spiro atoms. The first-order valence-electron chi connectivity index (χ1n) is 7.80. The van der Waals surface area contributed by atoms with Gasteiger partial charge in [-0.2, -0.15) is 0 Å². The van der Waals surface area contributed by atoms with Crippen molar-refractivity contribution in [2.75, 3.05) is 11.1 Å². The normalized spacial score (nSPS) is 10.7. The lowest BCUT2D eigenvalue weighted by Crippen LogP contribution is -2.15. The van der Waals surface area contributed by atoms with Gasteiger partial charge in [0.1, 0.15) is 5.82 Å². The smallest absolute Gasteiger partial charge is 0.283 e. The quantitative estimate of drug-likeness (QED) is 0.569. The Morgan fingerprint density at radius 1 is 1.15 bits per heavy atom. The Kier molecular flexibility index (Phi) is 4.09. The summed E-state index contributed by atoms with van der Waals surface area (Å²) in [5.74, 6) is -0.457. The number of nitrogens with zero attached hydrogens (tertiary/aromatic N) is 3. The average Bonchev–Trinajstić information content (AvgIpc) is 3.35. The number of benzene rings is 1. The van der Waals surface area contributed by atoms with Crippen molar-refractivity contribution in [3.63, 3.8) is 0 Å². The lowest BCUT2D eigenvalue weighted by atomic mass is 10.1. The second-order valence-corrected chi connectivity index (χ2v) is 5.50. The number of carbonyl (C=O) groups is 1. The average molecular weight is 365 g/mol. The van der Waals surface area contributed by atoms with Gasteiger partial charge >= 0.3 is 0 Å². The van der Waals surface area contributed by atoms with Crippen molar-refractivity contribution < 1.29 is 18.0 Å². The second kappa shape index (κ2) is 6.71.